The van der Waals surface area contributed by atoms with Gasteiger partial charge in [0.2, 0.25) is 0 Å². The van der Waals surface area contributed by atoms with Crippen molar-refractivity contribution < 1.29 is 4.42 Å². The lowest BCUT2D eigenvalue weighted by molar-refractivity contribution is 0.669. The van der Waals surface area contributed by atoms with Gasteiger partial charge in [-0.05, 0) is 102 Å². The number of nitrogens with one attached hydrogen (secondary N) is 1. The summed E-state index contributed by atoms with van der Waals surface area (Å²) in [4.78, 5) is 10.5. The molecule has 0 aliphatic carbocycles. The average Bonchev–Trinajstić information content (AvgIpc) is 3.75. The average molecular weight is 806 g/mol. The molecule has 12 rings (SSSR count). The Hall–Kier alpha value is -8.34. The van der Waals surface area contributed by atoms with Crippen LogP contribution in [0, 0.1) is 0 Å². The molecule has 296 valence electrons. The van der Waals surface area contributed by atoms with Crippen LogP contribution in [0.25, 0.3) is 88.0 Å². The van der Waals surface area contributed by atoms with E-state index in [1.807, 2.05) is 12.1 Å². The molecule has 0 spiro atoms. The number of aliphatic imine (C=N–C) groups is 2. The highest BCUT2D eigenvalue weighted by Gasteiger charge is 2.22. The third-order valence-electron chi connectivity index (χ3n) is 12.3. The number of fused-ring (bicyclic) bond motifs is 5. The van der Waals surface area contributed by atoms with Crippen molar-refractivity contribution in [2.45, 2.75) is 6.17 Å². The molecule has 2 heterocycles. The van der Waals surface area contributed by atoms with Gasteiger partial charge in [0, 0.05) is 21.9 Å². The van der Waals surface area contributed by atoms with Gasteiger partial charge in [0.25, 0.3) is 0 Å². The van der Waals surface area contributed by atoms with E-state index >= 15 is 0 Å². The molecule has 1 unspecified atom stereocenters. The quantitative estimate of drug-likeness (QED) is 0.174. The van der Waals surface area contributed by atoms with E-state index in [1.165, 1.54) is 32.8 Å². The normalized spacial score (nSPS) is 13.9. The van der Waals surface area contributed by atoms with Crippen molar-refractivity contribution in [2.24, 2.45) is 9.98 Å². The molecule has 0 amide bonds. The van der Waals surface area contributed by atoms with Crippen LogP contribution in [0.2, 0.25) is 0 Å². The molecule has 0 saturated heterocycles. The fourth-order valence-electron chi connectivity index (χ4n) is 8.99. The number of benzene rings is 10. The van der Waals surface area contributed by atoms with Gasteiger partial charge in [-0.2, -0.15) is 0 Å². The summed E-state index contributed by atoms with van der Waals surface area (Å²) in [6.45, 7) is 0. The third-order valence-corrected chi connectivity index (χ3v) is 12.3. The van der Waals surface area contributed by atoms with Gasteiger partial charge in [0.15, 0.2) is 6.17 Å². The lowest BCUT2D eigenvalue weighted by atomic mass is 9.93. The van der Waals surface area contributed by atoms with Crippen LogP contribution in [0.4, 0.5) is 0 Å². The van der Waals surface area contributed by atoms with Gasteiger partial charge in [-0.25, -0.2) is 9.98 Å². The van der Waals surface area contributed by atoms with Crippen LogP contribution < -0.4 is 5.32 Å². The molecule has 1 aromatic heterocycles. The molecule has 1 N–H and O–H groups in total. The van der Waals surface area contributed by atoms with Crippen LogP contribution in [-0.2, 0) is 0 Å². The van der Waals surface area contributed by atoms with Crippen molar-refractivity contribution in [1.29, 1.82) is 0 Å². The summed E-state index contributed by atoms with van der Waals surface area (Å²) in [6, 6.07) is 79.6. The molecule has 63 heavy (non-hydrogen) atoms. The van der Waals surface area contributed by atoms with E-state index in [2.05, 4.69) is 218 Å². The summed E-state index contributed by atoms with van der Waals surface area (Å²) >= 11 is 0. The first kappa shape index (κ1) is 36.5. The summed E-state index contributed by atoms with van der Waals surface area (Å²) in [7, 11) is 0. The Morgan fingerprint density at radius 1 is 0.333 bits per heavy atom. The molecular formula is C59H39N3O. The summed E-state index contributed by atoms with van der Waals surface area (Å²) in [6.07, 6.45) is -0.457. The largest absolute Gasteiger partial charge is 0.456 e. The highest BCUT2D eigenvalue weighted by atomic mass is 16.3. The van der Waals surface area contributed by atoms with Gasteiger partial charge in [-0.3, -0.25) is 0 Å². The SMILES string of the molecule is c1ccc(-c2ccc(-c3cc(-c4ccc(C5N=C(c6ccc(-c7ccc8ccccc8c7)cc6)NC(c6ccc7ccccc7c6)=N5)cc4)c4c(c3)oc3ccccc34)cc2)cc1. The predicted octanol–water partition coefficient (Wildman–Crippen LogP) is 15.1. The maximum absolute atomic E-state index is 6.53. The molecule has 1 aliphatic rings. The molecule has 0 radical (unpaired) electrons. The Bertz CT molecular complexity index is 3570. The number of furan rings is 1. The van der Waals surface area contributed by atoms with Crippen LogP contribution in [0.3, 0.4) is 0 Å². The van der Waals surface area contributed by atoms with Gasteiger partial charge < -0.3 is 9.73 Å². The second kappa shape index (κ2) is 15.3. The molecular weight excluding hydrogens is 767 g/mol. The standard InChI is InChI=1S/C59H39N3O/c1-2-10-38(11-3-1)41-18-20-43(21-19-41)51-36-53(56-52-16-8-9-17-54(52)63-55(56)37-51)44-26-30-46(31-27-44)58-60-57(61-59(62-58)50-33-25-40-13-5-7-15-48(40)35-50)45-28-22-42(23-29-45)49-32-24-39-12-4-6-14-47(39)34-49/h1-37,58H,(H,60,61,62). The van der Waals surface area contributed by atoms with Gasteiger partial charge in [-0.1, -0.05) is 194 Å². The number of nitrogens with zero attached hydrogens (tertiary/aromatic N) is 2. The Kier molecular flexibility index (Phi) is 8.86. The van der Waals surface area contributed by atoms with Crippen LogP contribution in [0.5, 0.6) is 0 Å². The first-order valence-electron chi connectivity index (χ1n) is 21.4. The molecule has 0 saturated carbocycles. The first-order valence-corrected chi connectivity index (χ1v) is 21.4. The van der Waals surface area contributed by atoms with Crippen molar-refractivity contribution in [2.75, 3.05) is 0 Å². The second-order valence-electron chi connectivity index (χ2n) is 16.2. The van der Waals surface area contributed by atoms with Gasteiger partial charge in [0.1, 0.15) is 22.8 Å². The van der Waals surface area contributed by atoms with Gasteiger partial charge in [0.05, 0.1) is 0 Å². The van der Waals surface area contributed by atoms with E-state index in [4.69, 9.17) is 14.4 Å². The van der Waals surface area contributed by atoms with E-state index in [0.717, 1.165) is 83.5 Å². The maximum Gasteiger partial charge on any atom is 0.169 e. The summed E-state index contributed by atoms with van der Waals surface area (Å²) < 4.78 is 6.53. The Labute approximate surface area is 365 Å². The lowest BCUT2D eigenvalue weighted by Gasteiger charge is -2.23. The minimum Gasteiger partial charge on any atom is -0.456 e. The summed E-state index contributed by atoms with van der Waals surface area (Å²) in [5.41, 5.74) is 13.9. The lowest BCUT2D eigenvalue weighted by Crippen LogP contribution is -2.36. The molecule has 4 heteroatoms. The second-order valence-corrected chi connectivity index (χ2v) is 16.2. The molecule has 10 aromatic carbocycles. The molecule has 1 aliphatic heterocycles. The van der Waals surface area contributed by atoms with Crippen LogP contribution >= 0.6 is 0 Å². The van der Waals surface area contributed by atoms with E-state index in [0.29, 0.717) is 0 Å². The van der Waals surface area contributed by atoms with Crippen molar-refractivity contribution in [1.82, 2.24) is 5.32 Å². The molecule has 0 bridgehead atoms. The monoisotopic (exact) mass is 805 g/mol. The van der Waals surface area contributed by atoms with E-state index in [1.54, 1.807) is 0 Å². The van der Waals surface area contributed by atoms with Crippen molar-refractivity contribution in [3.63, 3.8) is 0 Å². The smallest absolute Gasteiger partial charge is 0.169 e. The highest BCUT2D eigenvalue weighted by molar-refractivity contribution is 6.17. The van der Waals surface area contributed by atoms with Crippen LogP contribution in [0.15, 0.2) is 239 Å². The molecule has 11 aromatic rings. The molecule has 1 atom stereocenters. The zero-order chi connectivity index (χ0) is 41.7. The minimum atomic E-state index is -0.457. The van der Waals surface area contributed by atoms with Crippen molar-refractivity contribution >= 4 is 55.2 Å². The summed E-state index contributed by atoms with van der Waals surface area (Å²) in [5.74, 6) is 1.57. The topological polar surface area (TPSA) is 49.9 Å². The number of hydrogen-bond donors (Lipinski definition) is 1. The first-order chi connectivity index (χ1) is 31.2. The van der Waals surface area contributed by atoms with Crippen molar-refractivity contribution in [3.05, 3.63) is 241 Å². The predicted molar refractivity (Wildman–Crippen MR) is 262 cm³/mol. The van der Waals surface area contributed by atoms with Crippen LogP contribution in [0.1, 0.15) is 22.9 Å². The summed E-state index contributed by atoms with van der Waals surface area (Å²) in [5, 5.41) is 10.7. The number of para-hydroxylation sites is 1. The van der Waals surface area contributed by atoms with Crippen molar-refractivity contribution in [3.8, 4) is 44.5 Å². The Morgan fingerprint density at radius 3 is 1.52 bits per heavy atom. The van der Waals surface area contributed by atoms with E-state index < -0.39 is 6.17 Å². The third kappa shape index (κ3) is 6.84. The number of hydrogen-bond acceptors (Lipinski definition) is 4. The fourth-order valence-corrected chi connectivity index (χ4v) is 8.99. The molecule has 4 nitrogen and oxygen atoms in total. The number of rotatable bonds is 7. The van der Waals surface area contributed by atoms with Crippen LogP contribution in [-0.4, -0.2) is 11.7 Å². The zero-order valence-corrected chi connectivity index (χ0v) is 34.2. The fraction of sp³-hybridized carbons (Fsp3) is 0.0169. The molecule has 0 fully saturated rings. The van der Waals surface area contributed by atoms with Gasteiger partial charge in [-0.15, -0.1) is 0 Å². The minimum absolute atomic E-state index is 0.457. The highest BCUT2D eigenvalue weighted by Crippen LogP contribution is 2.41. The Balaban J connectivity index is 0.926. The maximum atomic E-state index is 6.53. The van der Waals surface area contributed by atoms with Gasteiger partial charge >= 0.3 is 0 Å². The number of amidine groups is 2. The van der Waals surface area contributed by atoms with E-state index in [9.17, 15) is 0 Å². The zero-order valence-electron chi connectivity index (χ0n) is 34.2. The van der Waals surface area contributed by atoms with E-state index in [-0.39, 0.29) is 0 Å². The Morgan fingerprint density at radius 2 is 0.825 bits per heavy atom.